The maximum atomic E-state index is 13.6. The van der Waals surface area contributed by atoms with E-state index in [1.807, 2.05) is 33.9 Å². The van der Waals surface area contributed by atoms with Crippen LogP contribution in [0.25, 0.3) is 0 Å². The van der Waals surface area contributed by atoms with Crippen LogP contribution in [0.1, 0.15) is 40.0 Å². The molecule has 1 aromatic rings. The molecule has 0 radical (unpaired) electrons. The first-order chi connectivity index (χ1) is 10.9. The van der Waals surface area contributed by atoms with Crippen molar-refractivity contribution in [3.8, 4) is 5.88 Å². The third-order valence-electron chi connectivity index (χ3n) is 5.32. The van der Waals surface area contributed by atoms with E-state index >= 15 is 0 Å². The lowest BCUT2D eigenvalue weighted by atomic mass is 9.96. The standard InChI is InChI=1S/C16H27F3N2O2Si/c1-14(2,3)24(4,5)23-12(15(8-9-15)16(17,18)19)7-11-22-13-6-10-20-21-13/h6,10,12H,7-9,11H2,1-5H3,(H,20,21). The minimum atomic E-state index is -4.24. The second-order valence-electron chi connectivity index (χ2n) is 8.07. The Balaban J connectivity index is 2.10. The van der Waals surface area contributed by atoms with Crippen LogP contribution in [0.5, 0.6) is 5.88 Å². The number of nitrogens with zero attached hydrogens (tertiary/aromatic N) is 1. The molecule has 1 saturated carbocycles. The summed E-state index contributed by atoms with van der Waals surface area (Å²) >= 11 is 0. The molecule has 138 valence electrons. The fraction of sp³-hybridized carbons (Fsp3) is 0.812. The van der Waals surface area contributed by atoms with E-state index in [4.69, 9.17) is 9.16 Å². The first-order valence-corrected chi connectivity index (χ1v) is 11.2. The summed E-state index contributed by atoms with van der Waals surface area (Å²) in [6, 6.07) is 1.64. The monoisotopic (exact) mass is 364 g/mol. The van der Waals surface area contributed by atoms with Crippen LogP contribution < -0.4 is 4.74 Å². The normalized spacial score (nSPS) is 19.2. The van der Waals surface area contributed by atoms with Crippen LogP contribution in [0.15, 0.2) is 12.3 Å². The molecule has 1 fully saturated rings. The molecular weight excluding hydrogens is 337 g/mol. The van der Waals surface area contributed by atoms with E-state index in [1.54, 1.807) is 12.3 Å². The predicted octanol–water partition coefficient (Wildman–Crippen LogP) is 4.91. The number of alkyl halides is 3. The van der Waals surface area contributed by atoms with Gasteiger partial charge in [0.1, 0.15) is 0 Å². The Morgan fingerprint density at radius 1 is 1.29 bits per heavy atom. The Morgan fingerprint density at radius 2 is 1.92 bits per heavy atom. The average molecular weight is 364 g/mol. The van der Waals surface area contributed by atoms with Gasteiger partial charge < -0.3 is 9.16 Å². The lowest BCUT2D eigenvalue weighted by Gasteiger charge is -2.42. The zero-order valence-electron chi connectivity index (χ0n) is 15.0. The summed E-state index contributed by atoms with van der Waals surface area (Å²) in [4.78, 5) is 0. The second-order valence-corrected chi connectivity index (χ2v) is 12.8. The number of halogens is 3. The number of hydrogen-bond donors (Lipinski definition) is 1. The van der Waals surface area contributed by atoms with Crippen LogP contribution in [0.4, 0.5) is 13.2 Å². The molecule has 0 spiro atoms. The summed E-state index contributed by atoms with van der Waals surface area (Å²) in [5.41, 5.74) is -1.71. The van der Waals surface area contributed by atoms with E-state index < -0.39 is 26.0 Å². The van der Waals surface area contributed by atoms with Crippen LogP contribution in [-0.4, -0.2) is 37.4 Å². The Morgan fingerprint density at radius 3 is 2.33 bits per heavy atom. The second kappa shape index (κ2) is 6.37. The quantitative estimate of drug-likeness (QED) is 0.699. The van der Waals surface area contributed by atoms with Crippen molar-refractivity contribution < 1.29 is 22.3 Å². The number of rotatable bonds is 7. The highest BCUT2D eigenvalue weighted by Crippen LogP contribution is 2.62. The molecule has 1 aromatic heterocycles. The van der Waals surface area contributed by atoms with E-state index in [0.29, 0.717) is 5.88 Å². The van der Waals surface area contributed by atoms with Gasteiger partial charge in [0.05, 0.1) is 18.1 Å². The molecule has 4 nitrogen and oxygen atoms in total. The molecule has 0 aliphatic heterocycles. The number of hydrogen-bond acceptors (Lipinski definition) is 3. The molecule has 1 aliphatic rings. The Bertz CT molecular complexity index is 535. The number of ether oxygens (including phenoxy) is 1. The van der Waals surface area contributed by atoms with Crippen LogP contribution in [-0.2, 0) is 4.43 Å². The predicted molar refractivity (Wildman–Crippen MR) is 88.5 cm³/mol. The van der Waals surface area contributed by atoms with Gasteiger partial charge in [-0.25, -0.2) is 0 Å². The van der Waals surface area contributed by atoms with Gasteiger partial charge >= 0.3 is 6.18 Å². The third kappa shape index (κ3) is 3.96. The Labute approximate surface area is 142 Å². The van der Waals surface area contributed by atoms with Gasteiger partial charge in [0.25, 0.3) is 0 Å². The fourth-order valence-electron chi connectivity index (χ4n) is 2.50. The molecule has 1 atom stereocenters. The zero-order chi connectivity index (χ0) is 18.2. The van der Waals surface area contributed by atoms with Crippen LogP contribution in [0.2, 0.25) is 18.1 Å². The summed E-state index contributed by atoms with van der Waals surface area (Å²) in [6.07, 6.45) is -3.02. The SMILES string of the molecule is CC(C)(C)[Si](C)(C)OC(CCOc1cc[nH]n1)C1(C(F)(F)F)CC1. The molecule has 1 N–H and O–H groups in total. The molecule has 8 heteroatoms. The van der Waals surface area contributed by atoms with E-state index in [2.05, 4.69) is 10.2 Å². The third-order valence-corrected chi connectivity index (χ3v) is 9.80. The summed E-state index contributed by atoms with van der Waals surface area (Å²) in [5, 5.41) is 6.32. The van der Waals surface area contributed by atoms with E-state index in [0.717, 1.165) is 0 Å². The highest BCUT2D eigenvalue weighted by Gasteiger charge is 2.68. The number of nitrogens with one attached hydrogen (secondary N) is 1. The first kappa shape index (κ1) is 19.3. The van der Waals surface area contributed by atoms with Crippen molar-refractivity contribution >= 4 is 8.32 Å². The molecule has 2 rings (SSSR count). The summed E-state index contributed by atoms with van der Waals surface area (Å²) in [7, 11) is -2.31. The summed E-state index contributed by atoms with van der Waals surface area (Å²) < 4.78 is 52.4. The topological polar surface area (TPSA) is 47.1 Å². The largest absolute Gasteiger partial charge is 0.477 e. The van der Waals surface area contributed by atoms with E-state index in [-0.39, 0.29) is 30.9 Å². The zero-order valence-corrected chi connectivity index (χ0v) is 16.0. The number of H-pyrrole nitrogens is 1. The van der Waals surface area contributed by atoms with Crippen LogP contribution in [0.3, 0.4) is 0 Å². The van der Waals surface area contributed by atoms with Gasteiger partial charge in [-0.05, 0) is 31.0 Å². The van der Waals surface area contributed by atoms with Crippen LogP contribution in [0, 0.1) is 5.41 Å². The van der Waals surface area contributed by atoms with Crippen molar-refractivity contribution in [1.29, 1.82) is 0 Å². The van der Waals surface area contributed by atoms with Gasteiger partial charge in [0, 0.05) is 18.7 Å². The van der Waals surface area contributed by atoms with Crippen molar-refractivity contribution in [2.75, 3.05) is 6.61 Å². The lowest BCUT2D eigenvalue weighted by molar-refractivity contribution is -0.213. The van der Waals surface area contributed by atoms with E-state index in [9.17, 15) is 13.2 Å². The van der Waals surface area contributed by atoms with Gasteiger partial charge in [0.15, 0.2) is 8.32 Å². The molecule has 0 saturated heterocycles. The molecule has 1 unspecified atom stereocenters. The van der Waals surface area contributed by atoms with Gasteiger partial charge in [0.2, 0.25) is 5.88 Å². The van der Waals surface area contributed by atoms with Crippen molar-refractivity contribution in [2.24, 2.45) is 5.41 Å². The van der Waals surface area contributed by atoms with Crippen molar-refractivity contribution in [1.82, 2.24) is 10.2 Å². The van der Waals surface area contributed by atoms with Crippen molar-refractivity contribution in [3.05, 3.63) is 12.3 Å². The van der Waals surface area contributed by atoms with Gasteiger partial charge in [-0.2, -0.15) is 13.2 Å². The van der Waals surface area contributed by atoms with Crippen molar-refractivity contribution in [2.45, 2.75) is 70.4 Å². The smallest absolute Gasteiger partial charge is 0.396 e. The lowest BCUT2D eigenvalue weighted by Crippen LogP contribution is -2.49. The molecule has 24 heavy (non-hydrogen) atoms. The molecule has 1 aliphatic carbocycles. The number of aromatic nitrogens is 2. The fourth-order valence-corrected chi connectivity index (χ4v) is 3.91. The highest BCUT2D eigenvalue weighted by molar-refractivity contribution is 6.74. The molecule has 0 aromatic carbocycles. The van der Waals surface area contributed by atoms with Crippen molar-refractivity contribution in [3.63, 3.8) is 0 Å². The summed E-state index contributed by atoms with van der Waals surface area (Å²) in [6.45, 7) is 10.2. The van der Waals surface area contributed by atoms with E-state index in [1.165, 1.54) is 0 Å². The molecule has 1 heterocycles. The Hall–Kier alpha value is -1.02. The number of aromatic amines is 1. The maximum absolute atomic E-state index is 13.6. The van der Waals surface area contributed by atoms with Gasteiger partial charge in [-0.15, -0.1) is 5.10 Å². The first-order valence-electron chi connectivity index (χ1n) is 8.26. The minimum absolute atomic E-state index is 0.137. The van der Waals surface area contributed by atoms with Gasteiger partial charge in [-0.3, -0.25) is 5.10 Å². The average Bonchev–Trinajstić information content (AvgIpc) is 3.08. The Kier molecular flexibility index (Phi) is 5.12. The molecule has 0 bridgehead atoms. The summed E-state index contributed by atoms with van der Waals surface area (Å²) in [5.74, 6) is 0.387. The van der Waals surface area contributed by atoms with Gasteiger partial charge in [-0.1, -0.05) is 20.8 Å². The minimum Gasteiger partial charge on any atom is -0.477 e. The van der Waals surface area contributed by atoms with Crippen LogP contribution >= 0.6 is 0 Å². The molecule has 0 amide bonds. The maximum Gasteiger partial charge on any atom is 0.396 e. The highest BCUT2D eigenvalue weighted by atomic mass is 28.4. The molecular formula is C16H27F3N2O2Si.